The minimum Gasteiger partial charge on any atom is -0.362 e. The summed E-state index contributed by atoms with van der Waals surface area (Å²) < 4.78 is 37.1. The van der Waals surface area contributed by atoms with Gasteiger partial charge < -0.3 is 4.74 Å². The van der Waals surface area contributed by atoms with E-state index in [0.717, 1.165) is 0 Å². The Kier molecular flexibility index (Phi) is 1.72. The molecule has 0 bridgehead atoms. The maximum atomic E-state index is 11.6. The summed E-state index contributed by atoms with van der Waals surface area (Å²) in [6.45, 7) is 0.434. The molecule has 1 aliphatic heterocycles. The van der Waals surface area contributed by atoms with E-state index in [4.69, 9.17) is 0 Å². The number of halogens is 1. The van der Waals surface area contributed by atoms with Gasteiger partial charge in [0.05, 0.1) is 6.61 Å². The van der Waals surface area contributed by atoms with Gasteiger partial charge in [-0.05, 0) is 0 Å². The summed E-state index contributed by atoms with van der Waals surface area (Å²) in [6, 6.07) is -1.31. The fraction of sp³-hybridized carbons (Fsp3) is 1.00. The minimum atomic E-state index is -3.55. The molecule has 0 aliphatic carbocycles. The number of hydrogen-bond acceptors (Lipinski definition) is 3. The molecule has 1 saturated heterocycles. The van der Waals surface area contributed by atoms with Crippen LogP contribution in [0.3, 0.4) is 0 Å². The van der Waals surface area contributed by atoms with Crippen LogP contribution < -0.4 is 0 Å². The Labute approximate surface area is 52.7 Å². The molecule has 1 fully saturated rings. The molecule has 0 amide bonds. The quantitative estimate of drug-likeness (QED) is 0.565. The Hall–Kier alpha value is -0.160. The monoisotopic (exact) mass is 154 g/mol. The first-order chi connectivity index (χ1) is 4.17. The van der Waals surface area contributed by atoms with E-state index >= 15 is 0 Å². The third-order valence-electron chi connectivity index (χ3n) is 1.21. The maximum absolute atomic E-state index is 11.6. The average Bonchev–Trinajstić information content (AvgIpc) is 1.60. The molecule has 5 heteroatoms. The van der Waals surface area contributed by atoms with Crippen molar-refractivity contribution in [3.05, 3.63) is 0 Å². The molecule has 1 unspecified atom stereocenters. The SMILES string of the molecule is O=S(=O)(CF)C1CCO1. The zero-order valence-electron chi connectivity index (χ0n) is 4.71. The van der Waals surface area contributed by atoms with Gasteiger partial charge in [0.2, 0.25) is 9.84 Å². The number of sulfone groups is 1. The summed E-state index contributed by atoms with van der Waals surface area (Å²) in [5, 5.41) is 0. The smallest absolute Gasteiger partial charge is 0.206 e. The molecule has 0 aromatic carbocycles. The van der Waals surface area contributed by atoms with Crippen LogP contribution in [-0.2, 0) is 14.6 Å². The molecule has 54 valence electrons. The van der Waals surface area contributed by atoms with Crippen LogP contribution in [0, 0.1) is 0 Å². The third-order valence-corrected chi connectivity index (χ3v) is 2.69. The van der Waals surface area contributed by atoms with Crippen LogP contribution in [0.25, 0.3) is 0 Å². The van der Waals surface area contributed by atoms with E-state index in [1.165, 1.54) is 0 Å². The summed E-state index contributed by atoms with van der Waals surface area (Å²) in [4.78, 5) is 0. The fourth-order valence-corrected chi connectivity index (χ4v) is 1.47. The van der Waals surface area contributed by atoms with Gasteiger partial charge in [0.25, 0.3) is 0 Å². The van der Waals surface area contributed by atoms with Gasteiger partial charge in [-0.15, -0.1) is 0 Å². The zero-order chi connectivity index (χ0) is 6.91. The van der Waals surface area contributed by atoms with E-state index < -0.39 is 21.3 Å². The zero-order valence-corrected chi connectivity index (χ0v) is 5.53. The average molecular weight is 154 g/mol. The molecule has 0 aromatic rings. The van der Waals surface area contributed by atoms with Crippen molar-refractivity contribution < 1.29 is 17.5 Å². The van der Waals surface area contributed by atoms with Crippen molar-refractivity contribution in [3.63, 3.8) is 0 Å². The summed E-state index contributed by atoms with van der Waals surface area (Å²) in [7, 11) is -3.55. The van der Waals surface area contributed by atoms with Gasteiger partial charge in [-0.3, -0.25) is 0 Å². The summed E-state index contributed by atoms with van der Waals surface area (Å²) in [5.41, 5.74) is -0.859. The van der Waals surface area contributed by atoms with Crippen molar-refractivity contribution in [1.82, 2.24) is 0 Å². The van der Waals surface area contributed by atoms with E-state index in [0.29, 0.717) is 13.0 Å². The molecular weight excluding hydrogens is 147 g/mol. The number of ether oxygens (including phenoxy) is 1. The first-order valence-corrected chi connectivity index (χ1v) is 4.27. The molecule has 1 rings (SSSR count). The molecule has 9 heavy (non-hydrogen) atoms. The second-order valence-corrected chi connectivity index (χ2v) is 3.93. The standard InChI is InChI=1S/C4H7FO3S/c5-3-9(6,7)4-1-2-8-4/h4H,1-3H2. The Balaban J connectivity index is 2.59. The Morgan fingerprint density at radius 1 is 1.67 bits per heavy atom. The highest BCUT2D eigenvalue weighted by atomic mass is 32.2. The van der Waals surface area contributed by atoms with Gasteiger partial charge in [0, 0.05) is 6.42 Å². The summed E-state index contributed by atoms with van der Waals surface area (Å²) in [6.07, 6.45) is 0.437. The Morgan fingerprint density at radius 2 is 2.22 bits per heavy atom. The highest BCUT2D eigenvalue weighted by Gasteiger charge is 2.31. The molecule has 1 aliphatic rings. The Morgan fingerprint density at radius 3 is 2.33 bits per heavy atom. The third kappa shape index (κ3) is 1.21. The topological polar surface area (TPSA) is 43.4 Å². The lowest BCUT2D eigenvalue weighted by Crippen LogP contribution is -2.35. The lowest BCUT2D eigenvalue weighted by molar-refractivity contribution is 0.00263. The van der Waals surface area contributed by atoms with Crippen molar-refractivity contribution in [3.8, 4) is 0 Å². The van der Waals surface area contributed by atoms with E-state index in [1.54, 1.807) is 0 Å². The normalized spacial score (nSPS) is 27.4. The number of alkyl halides is 1. The van der Waals surface area contributed by atoms with Gasteiger partial charge in [0.1, 0.15) is 0 Å². The lowest BCUT2D eigenvalue weighted by atomic mass is 10.4. The predicted molar refractivity (Wildman–Crippen MR) is 29.3 cm³/mol. The lowest BCUT2D eigenvalue weighted by Gasteiger charge is -2.24. The number of rotatable bonds is 2. The second kappa shape index (κ2) is 2.22. The van der Waals surface area contributed by atoms with E-state index in [-0.39, 0.29) is 0 Å². The van der Waals surface area contributed by atoms with Crippen LogP contribution >= 0.6 is 0 Å². The van der Waals surface area contributed by atoms with E-state index in [9.17, 15) is 12.8 Å². The van der Waals surface area contributed by atoms with Gasteiger partial charge in [-0.2, -0.15) is 0 Å². The maximum Gasteiger partial charge on any atom is 0.206 e. The van der Waals surface area contributed by atoms with Gasteiger partial charge in [-0.25, -0.2) is 12.8 Å². The Bertz CT molecular complexity index is 182. The first kappa shape index (κ1) is 6.95. The molecule has 0 spiro atoms. The van der Waals surface area contributed by atoms with E-state index in [2.05, 4.69) is 4.74 Å². The van der Waals surface area contributed by atoms with Crippen LogP contribution in [0.15, 0.2) is 0 Å². The molecule has 3 nitrogen and oxygen atoms in total. The van der Waals surface area contributed by atoms with Crippen molar-refractivity contribution in [2.45, 2.75) is 11.9 Å². The van der Waals surface area contributed by atoms with Gasteiger partial charge >= 0.3 is 0 Å². The predicted octanol–water partition coefficient (Wildman–Crippen LogP) is 0.0746. The minimum absolute atomic E-state index is 0.434. The highest BCUT2D eigenvalue weighted by molar-refractivity contribution is 7.91. The summed E-state index contributed by atoms with van der Waals surface area (Å²) >= 11 is 0. The van der Waals surface area contributed by atoms with Gasteiger partial charge in [0.15, 0.2) is 11.4 Å². The van der Waals surface area contributed by atoms with Crippen LogP contribution in [0.5, 0.6) is 0 Å². The molecule has 0 radical (unpaired) electrons. The van der Waals surface area contributed by atoms with Crippen molar-refractivity contribution in [2.75, 3.05) is 12.6 Å². The van der Waals surface area contributed by atoms with Crippen molar-refractivity contribution >= 4 is 9.84 Å². The van der Waals surface area contributed by atoms with E-state index in [1.807, 2.05) is 0 Å². The van der Waals surface area contributed by atoms with Crippen molar-refractivity contribution in [2.24, 2.45) is 0 Å². The van der Waals surface area contributed by atoms with Crippen LogP contribution in [0.1, 0.15) is 6.42 Å². The second-order valence-electron chi connectivity index (χ2n) is 1.86. The molecule has 1 heterocycles. The highest BCUT2D eigenvalue weighted by Crippen LogP contribution is 2.17. The van der Waals surface area contributed by atoms with Crippen LogP contribution in [0.2, 0.25) is 0 Å². The molecular formula is C4H7FO3S. The largest absolute Gasteiger partial charge is 0.362 e. The van der Waals surface area contributed by atoms with Crippen LogP contribution in [0.4, 0.5) is 4.39 Å². The number of hydrogen-bond donors (Lipinski definition) is 0. The molecule has 0 saturated carbocycles. The summed E-state index contributed by atoms with van der Waals surface area (Å²) in [5.74, 6) is 0. The van der Waals surface area contributed by atoms with Crippen LogP contribution in [-0.4, -0.2) is 26.5 Å². The van der Waals surface area contributed by atoms with Crippen molar-refractivity contribution in [1.29, 1.82) is 0 Å². The fourth-order valence-electron chi connectivity index (χ4n) is 0.568. The molecule has 0 aromatic heterocycles. The van der Waals surface area contributed by atoms with Gasteiger partial charge in [-0.1, -0.05) is 0 Å². The molecule has 0 N–H and O–H groups in total. The first-order valence-electron chi connectivity index (χ1n) is 2.56. The molecule has 1 atom stereocenters.